The lowest BCUT2D eigenvalue weighted by molar-refractivity contribution is 0.0692. The van der Waals surface area contributed by atoms with Crippen molar-refractivity contribution in [2.24, 2.45) is 0 Å². The summed E-state index contributed by atoms with van der Waals surface area (Å²) in [4.78, 5) is 53.2. The molecule has 4 aromatic rings. The Morgan fingerprint density at radius 2 is 1.14 bits per heavy atom. The van der Waals surface area contributed by atoms with Crippen molar-refractivity contribution in [1.29, 1.82) is 0 Å². The van der Waals surface area contributed by atoms with Crippen molar-refractivity contribution >= 4 is 29.3 Å². The first-order chi connectivity index (χ1) is 17.8. The second-order valence-electron chi connectivity index (χ2n) is 9.05. The number of fused-ring (bicyclic) bond motifs is 2. The van der Waals surface area contributed by atoms with E-state index in [4.69, 9.17) is 4.74 Å². The minimum Gasteiger partial charge on any atom is -0.457 e. The van der Waals surface area contributed by atoms with Crippen LogP contribution in [0, 0.1) is 6.92 Å². The first-order valence-electron chi connectivity index (χ1n) is 11.7. The van der Waals surface area contributed by atoms with Crippen LogP contribution in [0.4, 0.5) is 5.69 Å². The molecule has 4 aromatic carbocycles. The Morgan fingerprint density at radius 1 is 0.568 bits per heavy atom. The molecule has 0 atom stereocenters. The predicted molar refractivity (Wildman–Crippen MR) is 137 cm³/mol. The van der Waals surface area contributed by atoms with Gasteiger partial charge in [0.2, 0.25) is 0 Å². The number of hydrogen-bond donors (Lipinski definition) is 0. The number of carbonyl (C=O) groups is 4. The molecule has 0 unspecified atom stereocenters. The minimum atomic E-state index is -0.429. The van der Waals surface area contributed by atoms with Gasteiger partial charge in [0.1, 0.15) is 11.5 Å². The molecule has 0 saturated heterocycles. The molecule has 37 heavy (non-hydrogen) atoms. The van der Waals surface area contributed by atoms with Crippen LogP contribution in [0.2, 0.25) is 0 Å². The first-order valence-corrected chi connectivity index (χ1v) is 11.7. The summed E-state index contributed by atoms with van der Waals surface area (Å²) in [5.41, 5.74) is 4.12. The van der Waals surface area contributed by atoms with Gasteiger partial charge < -0.3 is 4.74 Å². The molecule has 0 aromatic heterocycles. The van der Waals surface area contributed by atoms with E-state index in [1.807, 2.05) is 31.2 Å². The molecule has 6 rings (SSSR count). The Balaban J connectivity index is 1.28. The SMILES string of the molecule is Cc1cccc(Oc2ccc(N3C(=O)c4ccc(-c5ccc6c(c5)C(=O)N(C)C6=O)cc4C3=O)cc2)c1. The Morgan fingerprint density at radius 3 is 1.78 bits per heavy atom. The van der Waals surface area contributed by atoms with Gasteiger partial charge in [-0.05, 0) is 84.3 Å². The number of carbonyl (C=O) groups excluding carboxylic acids is 4. The summed E-state index contributed by atoms with van der Waals surface area (Å²) < 4.78 is 5.87. The lowest BCUT2D eigenvalue weighted by Gasteiger charge is -2.14. The monoisotopic (exact) mass is 488 g/mol. The molecule has 0 spiro atoms. The number of benzene rings is 4. The van der Waals surface area contributed by atoms with Crippen LogP contribution in [0.25, 0.3) is 11.1 Å². The Labute approximate surface area is 212 Å². The normalized spacial score (nSPS) is 14.3. The lowest BCUT2D eigenvalue weighted by atomic mass is 9.97. The van der Waals surface area contributed by atoms with Crippen LogP contribution in [0.15, 0.2) is 84.9 Å². The van der Waals surface area contributed by atoms with Gasteiger partial charge in [-0.1, -0.05) is 24.3 Å². The van der Waals surface area contributed by atoms with E-state index in [9.17, 15) is 19.2 Å². The van der Waals surface area contributed by atoms with Crippen LogP contribution in [-0.4, -0.2) is 35.6 Å². The van der Waals surface area contributed by atoms with Gasteiger partial charge >= 0.3 is 0 Å². The van der Waals surface area contributed by atoms with E-state index in [2.05, 4.69) is 0 Å². The maximum absolute atomic E-state index is 13.3. The Hall–Kier alpha value is -5.04. The third-order valence-electron chi connectivity index (χ3n) is 6.63. The summed E-state index contributed by atoms with van der Waals surface area (Å²) in [5.74, 6) is -0.257. The summed E-state index contributed by atoms with van der Waals surface area (Å²) in [5, 5.41) is 0. The summed E-state index contributed by atoms with van der Waals surface area (Å²) in [6.45, 7) is 1.98. The highest BCUT2D eigenvalue weighted by molar-refractivity contribution is 6.34. The van der Waals surface area contributed by atoms with E-state index in [1.54, 1.807) is 60.7 Å². The number of anilines is 1. The summed E-state index contributed by atoms with van der Waals surface area (Å²) in [7, 11) is 1.44. The summed E-state index contributed by atoms with van der Waals surface area (Å²) in [6, 6.07) is 24.4. The van der Waals surface area contributed by atoms with Crippen LogP contribution in [0.3, 0.4) is 0 Å². The number of aryl methyl sites for hydroxylation is 1. The minimum absolute atomic E-state index is 0.280. The van der Waals surface area contributed by atoms with Gasteiger partial charge in [-0.2, -0.15) is 0 Å². The molecule has 2 aliphatic rings. The second-order valence-corrected chi connectivity index (χ2v) is 9.05. The van der Waals surface area contributed by atoms with Gasteiger partial charge in [0.05, 0.1) is 27.9 Å². The number of nitrogens with zero attached hydrogens (tertiary/aromatic N) is 2. The second kappa shape index (κ2) is 8.27. The van der Waals surface area contributed by atoms with Gasteiger partial charge in [-0.25, -0.2) is 4.90 Å². The van der Waals surface area contributed by atoms with Gasteiger partial charge in [-0.15, -0.1) is 0 Å². The predicted octanol–water partition coefficient (Wildman–Crippen LogP) is 5.48. The van der Waals surface area contributed by atoms with Crippen molar-refractivity contribution in [1.82, 2.24) is 4.90 Å². The third kappa shape index (κ3) is 3.60. The van der Waals surface area contributed by atoms with Gasteiger partial charge in [0, 0.05) is 7.05 Å². The molecule has 180 valence electrons. The fourth-order valence-electron chi connectivity index (χ4n) is 4.67. The fraction of sp³-hybridized carbons (Fsp3) is 0.0667. The smallest absolute Gasteiger partial charge is 0.266 e. The van der Waals surface area contributed by atoms with E-state index in [0.29, 0.717) is 45.0 Å². The van der Waals surface area contributed by atoms with E-state index >= 15 is 0 Å². The Kier molecular flexibility index (Phi) is 5.01. The maximum Gasteiger partial charge on any atom is 0.266 e. The zero-order valence-corrected chi connectivity index (χ0v) is 20.0. The molecule has 2 aliphatic heterocycles. The van der Waals surface area contributed by atoms with E-state index < -0.39 is 11.8 Å². The number of amides is 4. The van der Waals surface area contributed by atoms with E-state index in [-0.39, 0.29) is 17.4 Å². The molecular weight excluding hydrogens is 468 g/mol. The van der Waals surface area contributed by atoms with Crippen LogP contribution < -0.4 is 9.64 Å². The average molecular weight is 488 g/mol. The molecule has 0 N–H and O–H groups in total. The fourth-order valence-corrected chi connectivity index (χ4v) is 4.67. The molecule has 2 heterocycles. The van der Waals surface area contributed by atoms with Crippen LogP contribution in [0.5, 0.6) is 11.5 Å². The highest BCUT2D eigenvalue weighted by atomic mass is 16.5. The van der Waals surface area contributed by atoms with Crippen molar-refractivity contribution in [2.75, 3.05) is 11.9 Å². The third-order valence-corrected chi connectivity index (χ3v) is 6.63. The van der Waals surface area contributed by atoms with Crippen molar-refractivity contribution in [3.63, 3.8) is 0 Å². The van der Waals surface area contributed by atoms with Crippen molar-refractivity contribution < 1.29 is 23.9 Å². The van der Waals surface area contributed by atoms with Crippen LogP contribution >= 0.6 is 0 Å². The zero-order chi connectivity index (χ0) is 25.8. The van der Waals surface area contributed by atoms with E-state index in [1.165, 1.54) is 7.05 Å². The van der Waals surface area contributed by atoms with Gasteiger partial charge in [-0.3, -0.25) is 24.1 Å². The standard InChI is InChI=1S/C30H20N2O5/c1-17-4-3-5-22(14-17)37-21-10-8-20(9-11-21)32-29(35)24-13-7-19(16-26(24)30(32)36)18-6-12-23-25(15-18)28(34)31(2)27(23)33/h3-16H,1-2H3. The zero-order valence-electron chi connectivity index (χ0n) is 20.0. The Bertz CT molecular complexity index is 1660. The topological polar surface area (TPSA) is 84.0 Å². The average Bonchev–Trinajstić information content (AvgIpc) is 3.28. The van der Waals surface area contributed by atoms with Gasteiger partial charge in [0.15, 0.2) is 0 Å². The van der Waals surface area contributed by atoms with Crippen LogP contribution in [-0.2, 0) is 0 Å². The van der Waals surface area contributed by atoms with Crippen molar-refractivity contribution in [3.05, 3.63) is 113 Å². The highest BCUT2D eigenvalue weighted by Crippen LogP contribution is 2.34. The number of rotatable bonds is 4. The molecule has 0 fully saturated rings. The quantitative estimate of drug-likeness (QED) is 0.355. The van der Waals surface area contributed by atoms with Gasteiger partial charge in [0.25, 0.3) is 23.6 Å². The molecule has 0 saturated carbocycles. The maximum atomic E-state index is 13.3. The lowest BCUT2D eigenvalue weighted by Crippen LogP contribution is -2.29. The number of hydrogen-bond acceptors (Lipinski definition) is 5. The molecular formula is C30H20N2O5. The highest BCUT2D eigenvalue weighted by Gasteiger charge is 2.37. The molecule has 7 nitrogen and oxygen atoms in total. The largest absolute Gasteiger partial charge is 0.457 e. The molecule has 0 aliphatic carbocycles. The van der Waals surface area contributed by atoms with Crippen molar-refractivity contribution in [2.45, 2.75) is 6.92 Å². The number of ether oxygens (including phenoxy) is 1. The number of imide groups is 2. The van der Waals surface area contributed by atoms with E-state index in [0.717, 1.165) is 15.4 Å². The summed E-state index contributed by atoms with van der Waals surface area (Å²) in [6.07, 6.45) is 0. The summed E-state index contributed by atoms with van der Waals surface area (Å²) >= 11 is 0. The molecule has 0 bridgehead atoms. The molecule has 4 amide bonds. The molecule has 7 heteroatoms. The van der Waals surface area contributed by atoms with Crippen LogP contribution in [0.1, 0.15) is 47.0 Å². The first kappa shape index (κ1) is 22.4. The molecule has 0 radical (unpaired) electrons. The van der Waals surface area contributed by atoms with Crippen molar-refractivity contribution in [3.8, 4) is 22.6 Å².